The number of likely N-dealkylation sites (tertiary alicyclic amines) is 1. The number of thiophene rings is 1. The normalized spacial score (nSPS) is 22.3. The molecular formula is C17H29IN4S. The minimum absolute atomic E-state index is 0. The summed E-state index contributed by atoms with van der Waals surface area (Å²) in [4.78, 5) is 8.74. The summed E-state index contributed by atoms with van der Waals surface area (Å²) in [6.45, 7) is 9.50. The van der Waals surface area contributed by atoms with Crippen LogP contribution in [0.4, 0.5) is 0 Å². The van der Waals surface area contributed by atoms with Crippen molar-refractivity contribution in [2.24, 2.45) is 10.9 Å². The molecule has 0 bridgehead atoms. The lowest BCUT2D eigenvalue weighted by molar-refractivity contribution is 0.128. The first-order chi connectivity index (χ1) is 10.8. The molecule has 23 heavy (non-hydrogen) atoms. The van der Waals surface area contributed by atoms with E-state index in [1.807, 2.05) is 17.4 Å². The molecule has 0 radical (unpaired) electrons. The Labute approximate surface area is 161 Å². The van der Waals surface area contributed by atoms with Crippen LogP contribution >= 0.6 is 35.3 Å². The van der Waals surface area contributed by atoms with Crippen molar-refractivity contribution in [3.05, 3.63) is 35.0 Å². The van der Waals surface area contributed by atoms with Gasteiger partial charge in [-0.2, -0.15) is 0 Å². The van der Waals surface area contributed by atoms with E-state index >= 15 is 0 Å². The second kappa shape index (κ2) is 11.0. The maximum absolute atomic E-state index is 4.79. The third-order valence-corrected chi connectivity index (χ3v) is 5.03. The van der Waals surface area contributed by atoms with Gasteiger partial charge in [0.25, 0.3) is 0 Å². The lowest BCUT2D eigenvalue weighted by atomic mass is 9.88. The van der Waals surface area contributed by atoms with Crippen LogP contribution in [0.5, 0.6) is 0 Å². The minimum atomic E-state index is 0. The summed E-state index contributed by atoms with van der Waals surface area (Å²) in [5.74, 6) is 1.47. The van der Waals surface area contributed by atoms with E-state index in [2.05, 4.69) is 53.6 Å². The van der Waals surface area contributed by atoms with Gasteiger partial charge in [-0.05, 0) is 50.7 Å². The Morgan fingerprint density at radius 2 is 2.35 bits per heavy atom. The van der Waals surface area contributed by atoms with Gasteiger partial charge in [-0.15, -0.1) is 41.9 Å². The van der Waals surface area contributed by atoms with Crippen molar-refractivity contribution < 1.29 is 0 Å². The van der Waals surface area contributed by atoms with Crippen LogP contribution in [0.25, 0.3) is 0 Å². The number of rotatable bonds is 6. The number of halogens is 1. The summed E-state index contributed by atoms with van der Waals surface area (Å²) in [5, 5.41) is 8.75. The highest BCUT2D eigenvalue weighted by molar-refractivity contribution is 14.0. The van der Waals surface area contributed by atoms with Crippen LogP contribution in [0.1, 0.15) is 30.7 Å². The molecule has 1 fully saturated rings. The quantitative estimate of drug-likeness (QED) is 0.303. The van der Waals surface area contributed by atoms with Crippen molar-refractivity contribution in [2.45, 2.75) is 25.8 Å². The Morgan fingerprint density at radius 3 is 3.00 bits per heavy atom. The molecule has 0 spiro atoms. The van der Waals surface area contributed by atoms with Crippen molar-refractivity contribution in [3.63, 3.8) is 0 Å². The predicted octanol–water partition coefficient (Wildman–Crippen LogP) is 3.49. The highest BCUT2D eigenvalue weighted by atomic mass is 127. The SMILES string of the molecule is C=CCNC(=NCC1CCCN(C)C1c1cccs1)NCC.I. The average molecular weight is 448 g/mol. The fourth-order valence-electron chi connectivity index (χ4n) is 3.08. The maximum atomic E-state index is 4.79. The fraction of sp³-hybridized carbons (Fsp3) is 0.588. The first-order valence-corrected chi connectivity index (χ1v) is 9.01. The predicted molar refractivity (Wildman–Crippen MR) is 112 cm³/mol. The van der Waals surface area contributed by atoms with Gasteiger partial charge in [-0.25, -0.2) is 0 Å². The molecule has 2 N–H and O–H groups in total. The molecule has 2 unspecified atom stereocenters. The molecule has 1 aliphatic heterocycles. The molecule has 1 aromatic heterocycles. The lowest BCUT2D eigenvalue weighted by Crippen LogP contribution is -2.40. The zero-order chi connectivity index (χ0) is 15.8. The van der Waals surface area contributed by atoms with Crippen molar-refractivity contribution in [1.82, 2.24) is 15.5 Å². The maximum Gasteiger partial charge on any atom is 0.191 e. The van der Waals surface area contributed by atoms with E-state index < -0.39 is 0 Å². The number of guanidine groups is 1. The Hall–Kier alpha value is -0.600. The van der Waals surface area contributed by atoms with E-state index in [4.69, 9.17) is 4.99 Å². The second-order valence-corrected chi connectivity index (χ2v) is 6.71. The zero-order valence-electron chi connectivity index (χ0n) is 14.1. The Morgan fingerprint density at radius 1 is 1.52 bits per heavy atom. The number of hydrogen-bond donors (Lipinski definition) is 2. The molecule has 2 heterocycles. The summed E-state index contributed by atoms with van der Waals surface area (Å²) < 4.78 is 0. The molecule has 1 aromatic rings. The smallest absolute Gasteiger partial charge is 0.191 e. The van der Waals surface area contributed by atoms with Crippen LogP contribution < -0.4 is 10.6 Å². The van der Waals surface area contributed by atoms with Gasteiger partial charge in [-0.1, -0.05) is 12.1 Å². The van der Waals surface area contributed by atoms with Crippen LogP contribution in [0, 0.1) is 5.92 Å². The second-order valence-electron chi connectivity index (χ2n) is 5.73. The van der Waals surface area contributed by atoms with Gasteiger partial charge in [-0.3, -0.25) is 9.89 Å². The number of piperidine rings is 1. The highest BCUT2D eigenvalue weighted by Crippen LogP contribution is 2.37. The van der Waals surface area contributed by atoms with E-state index in [0.717, 1.165) is 25.6 Å². The molecule has 2 rings (SSSR count). The fourth-order valence-corrected chi connectivity index (χ4v) is 4.06. The molecule has 130 valence electrons. The first kappa shape index (κ1) is 20.4. The van der Waals surface area contributed by atoms with Gasteiger partial charge in [0.1, 0.15) is 0 Å². The van der Waals surface area contributed by atoms with Crippen molar-refractivity contribution in [1.29, 1.82) is 0 Å². The summed E-state index contributed by atoms with van der Waals surface area (Å²) in [7, 11) is 2.24. The Balaban J connectivity index is 0.00000264. The van der Waals surface area contributed by atoms with Gasteiger partial charge < -0.3 is 10.6 Å². The molecule has 0 saturated carbocycles. The Kier molecular flexibility index (Phi) is 9.81. The molecule has 0 aromatic carbocycles. The minimum Gasteiger partial charge on any atom is -0.357 e. The molecule has 1 aliphatic rings. The molecule has 0 aliphatic carbocycles. The highest BCUT2D eigenvalue weighted by Gasteiger charge is 2.30. The monoisotopic (exact) mass is 448 g/mol. The summed E-state index contributed by atoms with van der Waals surface area (Å²) in [6, 6.07) is 4.91. The van der Waals surface area contributed by atoms with Gasteiger partial charge in [0, 0.05) is 30.6 Å². The van der Waals surface area contributed by atoms with Crippen LogP contribution in [0.3, 0.4) is 0 Å². The number of hydrogen-bond acceptors (Lipinski definition) is 3. The first-order valence-electron chi connectivity index (χ1n) is 8.13. The number of nitrogens with one attached hydrogen (secondary N) is 2. The van der Waals surface area contributed by atoms with Gasteiger partial charge >= 0.3 is 0 Å². The molecule has 1 saturated heterocycles. The lowest BCUT2D eigenvalue weighted by Gasteiger charge is -2.38. The van der Waals surface area contributed by atoms with Gasteiger partial charge in [0.05, 0.1) is 0 Å². The number of nitrogens with zero attached hydrogens (tertiary/aromatic N) is 2. The number of aliphatic imine (C=N–C) groups is 1. The average Bonchev–Trinajstić information content (AvgIpc) is 3.04. The van der Waals surface area contributed by atoms with Crippen LogP contribution in [0.15, 0.2) is 35.2 Å². The van der Waals surface area contributed by atoms with Crippen molar-refractivity contribution in [2.75, 3.05) is 33.2 Å². The molecule has 2 atom stereocenters. The van der Waals surface area contributed by atoms with E-state index in [9.17, 15) is 0 Å². The topological polar surface area (TPSA) is 39.7 Å². The van der Waals surface area contributed by atoms with Crippen LogP contribution in [-0.2, 0) is 0 Å². The van der Waals surface area contributed by atoms with E-state index in [-0.39, 0.29) is 24.0 Å². The third-order valence-electron chi connectivity index (χ3n) is 4.08. The van der Waals surface area contributed by atoms with Crippen LogP contribution in [0.2, 0.25) is 0 Å². The summed E-state index contributed by atoms with van der Waals surface area (Å²) >= 11 is 1.86. The standard InChI is InChI=1S/C17H28N4S.HI/c1-4-10-19-17(18-5-2)20-13-14-8-6-11-21(3)16(14)15-9-7-12-22-15;/h4,7,9,12,14,16H,1,5-6,8,10-11,13H2,2-3H3,(H2,18,19,20);1H. The van der Waals surface area contributed by atoms with E-state index in [1.54, 1.807) is 0 Å². The Bertz CT molecular complexity index is 475. The third kappa shape index (κ3) is 6.08. The van der Waals surface area contributed by atoms with E-state index in [1.165, 1.54) is 24.3 Å². The van der Waals surface area contributed by atoms with E-state index in [0.29, 0.717) is 12.0 Å². The molecule has 4 nitrogen and oxygen atoms in total. The largest absolute Gasteiger partial charge is 0.357 e. The molecular weight excluding hydrogens is 419 g/mol. The van der Waals surface area contributed by atoms with Crippen LogP contribution in [-0.4, -0.2) is 44.1 Å². The van der Waals surface area contributed by atoms with Crippen molar-refractivity contribution in [3.8, 4) is 0 Å². The molecule has 6 heteroatoms. The summed E-state index contributed by atoms with van der Waals surface area (Å²) in [6.07, 6.45) is 4.36. The summed E-state index contributed by atoms with van der Waals surface area (Å²) in [5.41, 5.74) is 0. The zero-order valence-corrected chi connectivity index (χ0v) is 17.3. The van der Waals surface area contributed by atoms with Gasteiger partial charge in [0.2, 0.25) is 0 Å². The van der Waals surface area contributed by atoms with Crippen molar-refractivity contribution >= 4 is 41.3 Å². The van der Waals surface area contributed by atoms with Gasteiger partial charge in [0.15, 0.2) is 5.96 Å². The molecule has 0 amide bonds.